The van der Waals surface area contributed by atoms with E-state index in [0.717, 1.165) is 27.3 Å². The molecule has 1 saturated heterocycles. The van der Waals surface area contributed by atoms with E-state index >= 15 is 0 Å². The van der Waals surface area contributed by atoms with Crippen LogP contribution in [0.5, 0.6) is 0 Å². The van der Waals surface area contributed by atoms with Crippen molar-refractivity contribution in [1.82, 2.24) is 20.5 Å². The molecule has 20 heteroatoms. The van der Waals surface area contributed by atoms with Gasteiger partial charge >= 0.3 is 0 Å². The molecule has 0 saturated carbocycles. The second-order valence-corrected chi connectivity index (χ2v) is 18.7. The third kappa shape index (κ3) is 19.4. The van der Waals surface area contributed by atoms with Gasteiger partial charge in [0.15, 0.2) is 0 Å². The minimum Gasteiger partial charge on any atom is -0.391 e. The summed E-state index contributed by atoms with van der Waals surface area (Å²) in [4.78, 5) is 47.0. The van der Waals surface area contributed by atoms with E-state index in [0.29, 0.717) is 66.1 Å². The third-order valence-corrected chi connectivity index (χ3v) is 12.3. The van der Waals surface area contributed by atoms with Crippen LogP contribution in [0.25, 0.3) is 10.4 Å². The fourth-order valence-electron chi connectivity index (χ4n) is 6.44. The summed E-state index contributed by atoms with van der Waals surface area (Å²) in [6.07, 6.45) is -0.781. The first kappa shape index (κ1) is 53.7. The summed E-state index contributed by atoms with van der Waals surface area (Å²) in [5.74, 6) is -1.32. The zero-order valence-electron chi connectivity index (χ0n) is 38.1. The highest BCUT2D eigenvalue weighted by Crippen LogP contribution is 2.28. The van der Waals surface area contributed by atoms with Crippen molar-refractivity contribution in [1.29, 1.82) is 0 Å². The first-order valence-corrected chi connectivity index (χ1v) is 24.0. The average Bonchev–Trinajstić information content (AvgIpc) is 3.89. The van der Waals surface area contributed by atoms with Crippen molar-refractivity contribution < 1.29 is 65.2 Å². The molecule has 0 bridgehead atoms. The van der Waals surface area contributed by atoms with Gasteiger partial charge in [-0.25, -0.2) is 4.98 Å². The molecule has 3 aromatic rings. The number of aliphatic hydroxyl groups is 1. The van der Waals surface area contributed by atoms with Gasteiger partial charge in [0.25, 0.3) is 10.1 Å². The molecule has 362 valence electrons. The molecule has 3 amide bonds. The van der Waals surface area contributed by atoms with E-state index in [4.69, 9.17) is 37.3 Å². The number of carbonyl (C=O) groups excluding carboxylic acids is 3. The number of rotatable bonds is 31. The minimum absolute atomic E-state index is 0.0207. The van der Waals surface area contributed by atoms with Crippen LogP contribution in [-0.2, 0) is 68.4 Å². The van der Waals surface area contributed by atoms with E-state index in [1.54, 1.807) is 29.0 Å². The van der Waals surface area contributed by atoms with E-state index in [2.05, 4.69) is 15.6 Å². The molecule has 1 aliphatic heterocycles. The highest BCUT2D eigenvalue weighted by atomic mass is 32.2. The van der Waals surface area contributed by atoms with Gasteiger partial charge in [0.05, 0.1) is 120 Å². The van der Waals surface area contributed by atoms with Crippen molar-refractivity contribution in [2.24, 2.45) is 5.41 Å². The number of carbonyl (C=O) groups is 3. The molecule has 2 heterocycles. The number of aryl methyl sites for hydroxylation is 2. The van der Waals surface area contributed by atoms with Crippen molar-refractivity contribution in [3.8, 4) is 10.4 Å². The Bertz CT molecular complexity index is 1980. The summed E-state index contributed by atoms with van der Waals surface area (Å²) >= 11 is 1.57. The SMILES string of the molecule is Cc1ccc(S(=O)(=O)OCCOCCOCCOCCOCCOCCOCCOCC(=O)N[C@H](C(=O)N2C[C@H](O)C[C@H]2C(=O)NCc2ccc(-c3scnc3C)cc2)C(C)(C)C)cc1. The summed E-state index contributed by atoms with van der Waals surface area (Å²) in [6, 6.07) is 12.4. The van der Waals surface area contributed by atoms with Gasteiger partial charge in [0.2, 0.25) is 17.7 Å². The monoisotopic (exact) mass is 950 g/mol. The number of ether oxygens (including phenoxy) is 7. The average molecular weight is 951 g/mol. The molecular weight excluding hydrogens is 885 g/mol. The molecule has 0 radical (unpaired) electrons. The number of aliphatic hydroxyl groups excluding tert-OH is 1. The Labute approximate surface area is 386 Å². The lowest BCUT2D eigenvalue weighted by Gasteiger charge is -2.35. The second kappa shape index (κ2) is 28.3. The van der Waals surface area contributed by atoms with Crippen LogP contribution in [0, 0.1) is 19.3 Å². The lowest BCUT2D eigenvalue weighted by Crippen LogP contribution is -2.58. The smallest absolute Gasteiger partial charge is 0.297 e. The van der Waals surface area contributed by atoms with Crippen molar-refractivity contribution in [2.75, 3.05) is 106 Å². The fourth-order valence-corrected chi connectivity index (χ4v) is 8.15. The lowest BCUT2D eigenvalue weighted by atomic mass is 9.85. The molecule has 18 nitrogen and oxygen atoms in total. The fraction of sp³-hybridized carbons (Fsp3) is 0.600. The van der Waals surface area contributed by atoms with Crippen LogP contribution < -0.4 is 10.6 Å². The lowest BCUT2D eigenvalue weighted by molar-refractivity contribution is -0.144. The van der Waals surface area contributed by atoms with E-state index in [9.17, 15) is 27.9 Å². The summed E-state index contributed by atoms with van der Waals surface area (Å²) in [7, 11) is -3.81. The molecule has 1 fully saturated rings. The van der Waals surface area contributed by atoms with E-state index in [1.807, 2.05) is 58.9 Å². The number of hydrogen-bond acceptors (Lipinski definition) is 16. The molecule has 0 spiro atoms. The number of amides is 3. The van der Waals surface area contributed by atoms with Crippen molar-refractivity contribution in [3.05, 3.63) is 70.9 Å². The van der Waals surface area contributed by atoms with E-state index in [1.165, 1.54) is 17.0 Å². The zero-order chi connectivity index (χ0) is 47.1. The Morgan fingerprint density at radius 3 is 1.77 bits per heavy atom. The number of nitrogens with zero attached hydrogens (tertiary/aromatic N) is 2. The van der Waals surface area contributed by atoms with Crippen molar-refractivity contribution >= 4 is 39.2 Å². The number of hydrogen-bond donors (Lipinski definition) is 3. The van der Waals surface area contributed by atoms with Crippen LogP contribution in [-0.4, -0.2) is 165 Å². The standard InChI is InChI=1S/C45H66N4O14S2/c1-33-6-12-38(13-7-33)65(54,55)63-27-26-61-23-22-59-19-18-57-15-14-56-16-17-58-20-21-60-24-25-62-31-40(51)48-42(45(3,4)5)44(53)49-30-37(50)28-39(49)43(52)46-29-35-8-10-36(11-9-35)41-34(2)47-32-64-41/h6-13,32,37,39,42,50H,14-31H2,1-5H3,(H,46,52)(H,48,51)/t37-,39+,42-/m1/s1. The van der Waals surface area contributed by atoms with Gasteiger partial charge in [-0.2, -0.15) is 8.42 Å². The quantitative estimate of drug-likeness (QED) is 0.0624. The van der Waals surface area contributed by atoms with Crippen LogP contribution in [0.2, 0.25) is 0 Å². The van der Waals surface area contributed by atoms with Crippen LogP contribution in [0.1, 0.15) is 44.0 Å². The van der Waals surface area contributed by atoms with Gasteiger partial charge in [-0.1, -0.05) is 62.7 Å². The normalized spacial score (nSPS) is 15.9. The van der Waals surface area contributed by atoms with Crippen LogP contribution >= 0.6 is 11.3 Å². The molecule has 3 atom stereocenters. The summed E-state index contributed by atoms with van der Waals surface area (Å²) in [5.41, 5.74) is 4.96. The molecule has 1 aliphatic rings. The van der Waals surface area contributed by atoms with Crippen LogP contribution in [0.3, 0.4) is 0 Å². The number of benzene rings is 2. The molecule has 1 aromatic heterocycles. The summed E-state index contributed by atoms with van der Waals surface area (Å²) in [6.45, 7) is 13.3. The maximum Gasteiger partial charge on any atom is 0.297 e. The van der Waals surface area contributed by atoms with Crippen LogP contribution in [0.4, 0.5) is 0 Å². The number of likely N-dealkylation sites (tertiary alicyclic amines) is 1. The number of nitrogens with one attached hydrogen (secondary N) is 2. The van der Waals surface area contributed by atoms with Gasteiger partial charge in [0, 0.05) is 19.5 Å². The third-order valence-electron chi connectivity index (χ3n) is 9.95. The maximum atomic E-state index is 13.9. The minimum atomic E-state index is -3.81. The van der Waals surface area contributed by atoms with Gasteiger partial charge < -0.3 is 53.8 Å². The largest absolute Gasteiger partial charge is 0.391 e. The highest BCUT2D eigenvalue weighted by Gasteiger charge is 2.44. The van der Waals surface area contributed by atoms with E-state index in [-0.39, 0.29) is 63.3 Å². The first-order chi connectivity index (χ1) is 31.2. The maximum absolute atomic E-state index is 13.9. The molecule has 0 aliphatic carbocycles. The molecule has 3 N–H and O–H groups in total. The molecule has 65 heavy (non-hydrogen) atoms. The summed E-state index contributed by atoms with van der Waals surface area (Å²) in [5, 5.41) is 16.2. The number of thiazole rings is 1. The van der Waals surface area contributed by atoms with Gasteiger partial charge in [0.1, 0.15) is 18.7 Å². The first-order valence-electron chi connectivity index (χ1n) is 21.7. The Balaban J connectivity index is 0.962. The molecule has 0 unspecified atom stereocenters. The Hall–Kier alpha value is -3.93. The number of β-amino-alcohol motifs (C(OH)–C–C–N with tert-alkyl or cyclic N) is 1. The Morgan fingerprint density at radius 1 is 0.769 bits per heavy atom. The Morgan fingerprint density at radius 2 is 1.28 bits per heavy atom. The molecule has 4 rings (SSSR count). The van der Waals surface area contributed by atoms with E-state index < -0.39 is 45.5 Å². The second-order valence-electron chi connectivity index (χ2n) is 16.3. The van der Waals surface area contributed by atoms with Gasteiger partial charge in [-0.15, -0.1) is 11.3 Å². The van der Waals surface area contributed by atoms with Crippen molar-refractivity contribution in [3.63, 3.8) is 0 Å². The predicted octanol–water partition coefficient (Wildman–Crippen LogP) is 3.06. The summed E-state index contributed by atoms with van der Waals surface area (Å²) < 4.78 is 67.5. The molecule has 2 aromatic carbocycles. The Kier molecular flexibility index (Phi) is 23.4. The van der Waals surface area contributed by atoms with Gasteiger partial charge in [-0.3, -0.25) is 18.6 Å². The molecular formula is C45H66N4O14S2. The predicted molar refractivity (Wildman–Crippen MR) is 242 cm³/mol. The van der Waals surface area contributed by atoms with Crippen LogP contribution in [0.15, 0.2) is 58.9 Å². The zero-order valence-corrected chi connectivity index (χ0v) is 39.8. The van der Waals surface area contributed by atoms with Gasteiger partial charge in [-0.05, 0) is 42.5 Å². The van der Waals surface area contributed by atoms with Crippen molar-refractivity contribution in [2.45, 2.75) is 70.7 Å². The number of aromatic nitrogens is 1. The topological polar surface area (TPSA) is 220 Å². The highest BCUT2D eigenvalue weighted by molar-refractivity contribution is 7.86.